The van der Waals surface area contributed by atoms with Gasteiger partial charge in [-0.25, -0.2) is 14.3 Å². The maximum Gasteiger partial charge on any atom is 0.334 e. The third-order valence-electron chi connectivity index (χ3n) is 6.62. The van der Waals surface area contributed by atoms with E-state index in [0.717, 1.165) is 46.6 Å². The van der Waals surface area contributed by atoms with Crippen LogP contribution in [-0.2, 0) is 11.8 Å². The molecule has 204 valence electrons. The summed E-state index contributed by atoms with van der Waals surface area (Å²) in [5.74, 6) is 0.490. The highest BCUT2D eigenvalue weighted by molar-refractivity contribution is 5.92. The monoisotopic (exact) mass is 528 g/mol. The van der Waals surface area contributed by atoms with Gasteiger partial charge in [-0.05, 0) is 55.9 Å². The highest BCUT2D eigenvalue weighted by Crippen LogP contribution is 2.34. The molecule has 4 rings (SSSR count). The average Bonchev–Trinajstić information content (AvgIpc) is 3.15. The van der Waals surface area contributed by atoms with Crippen LogP contribution in [0.4, 0.5) is 17.3 Å². The van der Waals surface area contributed by atoms with E-state index in [0.29, 0.717) is 11.8 Å². The van der Waals surface area contributed by atoms with Crippen molar-refractivity contribution in [1.82, 2.24) is 24.0 Å². The van der Waals surface area contributed by atoms with Gasteiger partial charge >= 0.3 is 5.69 Å². The number of nitrogens with two attached hydrogens (primary N) is 1. The first-order valence-corrected chi connectivity index (χ1v) is 12.8. The van der Waals surface area contributed by atoms with Gasteiger partial charge in [0.25, 0.3) is 0 Å². The van der Waals surface area contributed by atoms with Crippen LogP contribution < -0.4 is 21.6 Å². The van der Waals surface area contributed by atoms with Gasteiger partial charge in [0.2, 0.25) is 11.9 Å². The molecule has 0 aliphatic rings. The molecular formula is C29H36N8O2. The number of hydrogen-bond acceptors (Lipinski definition) is 7. The first kappa shape index (κ1) is 27.6. The molecule has 0 aliphatic carbocycles. The molecule has 0 aliphatic heterocycles. The van der Waals surface area contributed by atoms with Crippen molar-refractivity contribution in [1.29, 1.82) is 0 Å². The number of aryl methyl sites for hydroxylation is 1. The van der Waals surface area contributed by atoms with E-state index in [9.17, 15) is 9.59 Å². The number of primary amides is 1. The molecule has 0 saturated heterocycles. The molecule has 10 nitrogen and oxygen atoms in total. The number of imidazole rings is 1. The summed E-state index contributed by atoms with van der Waals surface area (Å²) < 4.78 is 3.18. The zero-order valence-corrected chi connectivity index (χ0v) is 23.3. The minimum Gasteiger partial charge on any atom is -0.373 e. The van der Waals surface area contributed by atoms with Gasteiger partial charge in [0.15, 0.2) is 0 Å². The van der Waals surface area contributed by atoms with E-state index in [4.69, 9.17) is 10.7 Å². The average molecular weight is 529 g/mol. The Morgan fingerprint density at radius 2 is 1.82 bits per heavy atom. The van der Waals surface area contributed by atoms with Gasteiger partial charge in [-0.15, -0.1) is 0 Å². The van der Waals surface area contributed by atoms with E-state index < -0.39 is 5.91 Å². The molecule has 39 heavy (non-hydrogen) atoms. The van der Waals surface area contributed by atoms with Crippen molar-refractivity contribution in [2.45, 2.75) is 19.8 Å². The molecule has 0 bridgehead atoms. The lowest BCUT2D eigenvalue weighted by Crippen LogP contribution is -2.29. The van der Waals surface area contributed by atoms with Crippen molar-refractivity contribution in [3.05, 3.63) is 76.3 Å². The topological polar surface area (TPSA) is 114 Å². The second kappa shape index (κ2) is 11.5. The van der Waals surface area contributed by atoms with Crippen LogP contribution in [0.5, 0.6) is 0 Å². The summed E-state index contributed by atoms with van der Waals surface area (Å²) in [6.07, 6.45) is 4.72. The standard InChI is InChI=1S/C29H36N8O2/c1-19(2)21-18-25(35(5)16-15-34(3)4)20(11-12-26(30)38)17-22(21)32-28-31-14-13-27(33-28)37-24-10-8-7-9-23(24)36(6)29(37)39/h7-14,17-19H,15-16H2,1-6H3,(H2,30,38)(H,31,32,33). The molecule has 2 aromatic carbocycles. The van der Waals surface area contributed by atoms with Crippen LogP contribution in [0.1, 0.15) is 30.9 Å². The van der Waals surface area contributed by atoms with Crippen LogP contribution in [0.15, 0.2) is 59.5 Å². The number of fused-ring (bicyclic) bond motifs is 1. The molecule has 10 heteroatoms. The molecule has 0 radical (unpaired) electrons. The number of anilines is 3. The molecule has 1 amide bonds. The third-order valence-corrected chi connectivity index (χ3v) is 6.62. The number of carbonyl (C=O) groups excluding carboxylic acids is 1. The predicted molar refractivity (Wildman–Crippen MR) is 158 cm³/mol. The third kappa shape index (κ3) is 6.01. The summed E-state index contributed by atoms with van der Waals surface area (Å²) in [5.41, 5.74) is 10.5. The van der Waals surface area contributed by atoms with Gasteiger partial charge in [-0.1, -0.05) is 26.0 Å². The van der Waals surface area contributed by atoms with Crippen molar-refractivity contribution in [3.8, 4) is 5.82 Å². The number of nitrogens with one attached hydrogen (secondary N) is 1. The summed E-state index contributed by atoms with van der Waals surface area (Å²) in [6.45, 7) is 5.92. The van der Waals surface area contributed by atoms with Crippen molar-refractivity contribution in [2.24, 2.45) is 12.8 Å². The Kier molecular flexibility index (Phi) is 8.15. The molecule has 3 N–H and O–H groups in total. The highest BCUT2D eigenvalue weighted by Gasteiger charge is 2.17. The van der Waals surface area contributed by atoms with Gasteiger partial charge in [-0.3, -0.25) is 9.36 Å². The predicted octanol–water partition coefficient (Wildman–Crippen LogP) is 3.48. The fourth-order valence-electron chi connectivity index (χ4n) is 4.48. The van der Waals surface area contributed by atoms with Gasteiger partial charge in [0, 0.05) is 62.5 Å². The van der Waals surface area contributed by atoms with Crippen molar-refractivity contribution in [2.75, 3.05) is 44.4 Å². The Bertz CT molecular complexity index is 1580. The maximum absolute atomic E-state index is 13.1. The summed E-state index contributed by atoms with van der Waals surface area (Å²) >= 11 is 0. The van der Waals surface area contributed by atoms with Crippen LogP contribution >= 0.6 is 0 Å². The highest BCUT2D eigenvalue weighted by atomic mass is 16.2. The number of para-hydroxylation sites is 2. The zero-order chi connectivity index (χ0) is 28.3. The van der Waals surface area contributed by atoms with Gasteiger partial charge in [-0.2, -0.15) is 4.98 Å². The van der Waals surface area contributed by atoms with Gasteiger partial charge < -0.3 is 20.9 Å². The van der Waals surface area contributed by atoms with Crippen LogP contribution in [-0.4, -0.2) is 64.1 Å². The van der Waals surface area contributed by atoms with Crippen LogP contribution in [0.25, 0.3) is 22.9 Å². The Labute approximate surface area is 228 Å². The molecule has 2 heterocycles. The molecule has 0 atom stereocenters. The van der Waals surface area contributed by atoms with E-state index in [1.54, 1.807) is 34.5 Å². The first-order chi connectivity index (χ1) is 18.6. The number of benzene rings is 2. The number of hydrogen-bond donors (Lipinski definition) is 2. The number of nitrogens with zero attached hydrogens (tertiary/aromatic N) is 6. The number of likely N-dealkylation sites (N-methyl/N-ethyl adjacent to an activating group) is 2. The smallest absolute Gasteiger partial charge is 0.334 e. The SMILES string of the molecule is CC(C)c1cc(N(C)CCN(C)C)c(C=CC(N)=O)cc1Nc1nccc(-n2c(=O)n(C)c3ccccc32)n1. The van der Waals surface area contributed by atoms with Crippen molar-refractivity contribution >= 4 is 40.3 Å². The van der Waals surface area contributed by atoms with Crippen LogP contribution in [0.2, 0.25) is 0 Å². The number of rotatable bonds is 10. The Morgan fingerprint density at radius 3 is 2.49 bits per heavy atom. The fraction of sp³-hybridized carbons (Fsp3) is 0.310. The lowest BCUT2D eigenvalue weighted by atomic mass is 9.96. The Balaban J connectivity index is 1.78. The van der Waals surface area contributed by atoms with Crippen LogP contribution in [0.3, 0.4) is 0 Å². The molecular weight excluding hydrogens is 492 g/mol. The summed E-state index contributed by atoms with van der Waals surface area (Å²) in [7, 11) is 7.85. The lowest BCUT2D eigenvalue weighted by molar-refractivity contribution is -0.113. The minimum absolute atomic E-state index is 0.187. The largest absolute Gasteiger partial charge is 0.373 e. The molecule has 0 fully saturated rings. The first-order valence-electron chi connectivity index (χ1n) is 12.8. The van der Waals surface area contributed by atoms with E-state index >= 15 is 0 Å². The Morgan fingerprint density at radius 1 is 1.10 bits per heavy atom. The Hall–Kier alpha value is -4.44. The number of amides is 1. The van der Waals surface area contributed by atoms with Crippen molar-refractivity contribution < 1.29 is 4.79 Å². The van der Waals surface area contributed by atoms with E-state index in [1.165, 1.54) is 6.08 Å². The summed E-state index contributed by atoms with van der Waals surface area (Å²) in [5, 5.41) is 3.36. The second-order valence-electron chi connectivity index (χ2n) is 10.1. The zero-order valence-electron chi connectivity index (χ0n) is 23.3. The van der Waals surface area contributed by atoms with E-state index in [-0.39, 0.29) is 11.6 Å². The summed E-state index contributed by atoms with van der Waals surface area (Å²) in [4.78, 5) is 38.0. The molecule has 4 aromatic rings. The molecule has 2 aromatic heterocycles. The van der Waals surface area contributed by atoms with Gasteiger partial charge in [0.1, 0.15) is 5.82 Å². The van der Waals surface area contributed by atoms with Gasteiger partial charge in [0.05, 0.1) is 11.0 Å². The fourth-order valence-corrected chi connectivity index (χ4v) is 4.48. The molecule has 0 saturated carbocycles. The second-order valence-corrected chi connectivity index (χ2v) is 10.1. The lowest BCUT2D eigenvalue weighted by Gasteiger charge is -2.26. The molecule has 0 spiro atoms. The number of aromatic nitrogens is 4. The quantitative estimate of drug-likeness (QED) is 0.303. The number of carbonyl (C=O) groups is 1. The van der Waals surface area contributed by atoms with E-state index in [2.05, 4.69) is 40.0 Å². The molecule has 0 unspecified atom stereocenters. The minimum atomic E-state index is -0.518. The summed E-state index contributed by atoms with van der Waals surface area (Å²) in [6, 6.07) is 13.4. The van der Waals surface area contributed by atoms with Crippen LogP contribution in [0, 0.1) is 0 Å². The van der Waals surface area contributed by atoms with E-state index in [1.807, 2.05) is 51.5 Å². The normalized spacial score (nSPS) is 11.7. The maximum atomic E-state index is 13.1. The van der Waals surface area contributed by atoms with Crippen molar-refractivity contribution in [3.63, 3.8) is 0 Å².